The molecule has 0 spiro atoms. The van der Waals surface area contributed by atoms with Crippen molar-refractivity contribution in [3.05, 3.63) is 24.3 Å². The molecule has 42 heavy (non-hydrogen) atoms. The second kappa shape index (κ2) is 35.2. The van der Waals surface area contributed by atoms with Crippen LogP contribution in [0.5, 0.6) is 0 Å². The van der Waals surface area contributed by atoms with Crippen LogP contribution >= 0.6 is 0 Å². The Bertz CT molecular complexity index is 510. The van der Waals surface area contributed by atoms with Crippen LogP contribution in [0.25, 0.3) is 0 Å². The minimum Gasteiger partial charge on any atom is -1.00 e. The zero-order chi connectivity index (χ0) is 30.1. The topological polar surface area (TPSA) is 4.44 Å². The molecule has 0 rings (SSSR count). The number of quaternary nitrogens is 1. The summed E-state index contributed by atoms with van der Waals surface area (Å²) in [7, 11) is 4.60. The molecule has 0 aromatic rings. The third-order valence-corrected chi connectivity index (χ3v) is 9.45. The predicted molar refractivity (Wildman–Crippen MR) is 189 cm³/mol. The maximum absolute atomic E-state index is 2.48. The fourth-order valence-corrected chi connectivity index (χ4v) is 5.96. The summed E-state index contributed by atoms with van der Waals surface area (Å²) in [6, 6.07) is 0. The molecule has 1 N–H and O–H groups in total. The van der Waals surface area contributed by atoms with Crippen molar-refractivity contribution in [2.75, 3.05) is 14.1 Å². The Hall–Kier alpha value is -0.270. The number of nitrogens with one attached hydrogen (secondary N) is 1. The summed E-state index contributed by atoms with van der Waals surface area (Å²) in [5.74, 6) is 0. The molecule has 0 amide bonds. The van der Waals surface area contributed by atoms with Crippen LogP contribution in [0, 0.1) is 0 Å². The van der Waals surface area contributed by atoms with E-state index < -0.39 is 0 Å². The van der Waals surface area contributed by atoms with E-state index in [2.05, 4.69) is 59.2 Å². The van der Waals surface area contributed by atoms with Gasteiger partial charge in [-0.15, -0.1) is 0 Å². The zero-order valence-corrected chi connectivity index (χ0v) is 30.7. The first-order chi connectivity index (χ1) is 20.1. The highest BCUT2D eigenvalue weighted by Gasteiger charge is 2.23. The van der Waals surface area contributed by atoms with Gasteiger partial charge >= 0.3 is 0 Å². The molecule has 1 nitrogen and oxygen atoms in total. The van der Waals surface area contributed by atoms with Crippen molar-refractivity contribution in [2.24, 2.45) is 0 Å². The maximum Gasteiger partial charge on any atom is 0.132 e. The van der Waals surface area contributed by atoms with Crippen LogP contribution < -0.4 is 17.3 Å². The van der Waals surface area contributed by atoms with E-state index in [0.717, 1.165) is 0 Å². The molecule has 0 radical (unpaired) electrons. The van der Waals surface area contributed by atoms with Crippen molar-refractivity contribution < 1.29 is 17.3 Å². The minimum atomic E-state index is 0. The summed E-state index contributed by atoms with van der Waals surface area (Å²) in [6.07, 6.45) is 52.7. The number of rotatable bonds is 33. The fraction of sp³-hybridized carbons (Fsp3) is 0.900. The summed E-state index contributed by atoms with van der Waals surface area (Å²) in [4.78, 5) is 1.51. The number of unbranched alkanes of at least 4 members (excludes halogenated alkanes) is 28. The van der Waals surface area contributed by atoms with Crippen molar-refractivity contribution in [1.82, 2.24) is 0 Å². The first-order valence-corrected chi connectivity index (χ1v) is 19.2. The van der Waals surface area contributed by atoms with Gasteiger partial charge in [0.15, 0.2) is 0 Å². The van der Waals surface area contributed by atoms with E-state index in [1.165, 1.54) is 198 Å². The van der Waals surface area contributed by atoms with E-state index in [9.17, 15) is 0 Å². The van der Waals surface area contributed by atoms with Gasteiger partial charge in [-0.25, -0.2) is 0 Å². The van der Waals surface area contributed by atoms with Gasteiger partial charge in [0.05, 0.1) is 14.1 Å². The zero-order valence-electron chi connectivity index (χ0n) is 29.9. The molecule has 0 bridgehead atoms. The normalized spacial score (nSPS) is 13.4. The lowest BCUT2D eigenvalue weighted by Gasteiger charge is -2.27. The molecule has 0 fully saturated rings. The first kappa shape index (κ1) is 43.9. The van der Waals surface area contributed by atoms with Gasteiger partial charge in [-0.2, -0.15) is 0 Å². The molecule has 2 heteroatoms. The van der Waals surface area contributed by atoms with Crippen LogP contribution in [0.3, 0.4) is 0 Å². The molecular formula is C40H80ClN. The predicted octanol–water partition coefficient (Wildman–Crippen LogP) is 9.75. The summed E-state index contributed by atoms with van der Waals surface area (Å²) in [6.45, 7) is 7.00. The van der Waals surface area contributed by atoms with Gasteiger partial charge in [0.2, 0.25) is 0 Å². The minimum absolute atomic E-state index is 0. The summed E-state index contributed by atoms with van der Waals surface area (Å²) in [5, 5.41) is 0. The molecular weight excluding hydrogens is 530 g/mol. The third-order valence-electron chi connectivity index (χ3n) is 9.45. The van der Waals surface area contributed by atoms with Gasteiger partial charge in [-0.05, 0) is 44.8 Å². The molecule has 0 aromatic heterocycles. The van der Waals surface area contributed by atoms with Crippen molar-refractivity contribution >= 4 is 0 Å². The van der Waals surface area contributed by atoms with Gasteiger partial charge in [-0.3, -0.25) is 0 Å². The highest BCUT2D eigenvalue weighted by molar-refractivity contribution is 5.11. The third kappa shape index (κ3) is 31.2. The molecule has 252 valence electrons. The van der Waals surface area contributed by atoms with Crippen molar-refractivity contribution in [3.8, 4) is 0 Å². The fourth-order valence-electron chi connectivity index (χ4n) is 5.96. The number of halogens is 1. The number of likely N-dealkylation sites (N-methyl/N-ethyl adjacent to an activating group) is 1. The lowest BCUT2D eigenvalue weighted by atomic mass is 9.97. The Balaban J connectivity index is 0. The molecule has 0 heterocycles. The molecule has 0 saturated heterocycles. The van der Waals surface area contributed by atoms with Gasteiger partial charge in [-0.1, -0.05) is 193 Å². The van der Waals surface area contributed by atoms with Crippen LogP contribution in [0.1, 0.15) is 213 Å². The number of hydrogen-bond donors (Lipinski definition) is 1. The van der Waals surface area contributed by atoms with Crippen LogP contribution in [0.4, 0.5) is 0 Å². The van der Waals surface area contributed by atoms with Crippen LogP contribution in [0.2, 0.25) is 0 Å². The second-order valence-electron chi connectivity index (χ2n) is 13.9. The highest BCUT2D eigenvalue weighted by Crippen LogP contribution is 2.16. The van der Waals surface area contributed by atoms with Gasteiger partial charge in [0.25, 0.3) is 0 Å². The summed E-state index contributed by atoms with van der Waals surface area (Å²) < 4.78 is 0. The van der Waals surface area contributed by atoms with Crippen molar-refractivity contribution in [2.45, 2.75) is 219 Å². The standard InChI is InChI=1S/C40H79N.ClH/c1-6-8-10-12-14-16-18-20-22-24-26-28-30-32-34-36-38-40(3,41(4)5)39-37-35-33-31-29-27-25-23-21-19-17-15-13-11-9-7-2;/h36-39H,6-35H2,1-5H3;1H. The Morgan fingerprint density at radius 3 is 0.810 bits per heavy atom. The van der Waals surface area contributed by atoms with Crippen molar-refractivity contribution in [1.29, 1.82) is 0 Å². The van der Waals surface area contributed by atoms with E-state index in [1.807, 2.05) is 0 Å². The monoisotopic (exact) mass is 610 g/mol. The maximum atomic E-state index is 2.48. The summed E-state index contributed by atoms with van der Waals surface area (Å²) >= 11 is 0. The van der Waals surface area contributed by atoms with Crippen LogP contribution in [-0.4, -0.2) is 19.6 Å². The van der Waals surface area contributed by atoms with E-state index in [1.54, 1.807) is 0 Å². The molecule has 0 atom stereocenters. The van der Waals surface area contributed by atoms with E-state index in [0.29, 0.717) is 0 Å². The van der Waals surface area contributed by atoms with Crippen LogP contribution in [0.15, 0.2) is 24.3 Å². The molecule has 0 saturated carbocycles. The average molecular weight is 611 g/mol. The Morgan fingerprint density at radius 1 is 0.381 bits per heavy atom. The van der Waals surface area contributed by atoms with Gasteiger partial charge in [0, 0.05) is 0 Å². The molecule has 0 aliphatic heterocycles. The SMILES string of the molecule is CCCCCCCCCCCCCCCCC=CC(C)(C=CCCCCCCCCCCCCCCCC)[NH+](C)C.[Cl-]. The number of hydrogen-bond acceptors (Lipinski definition) is 0. The Morgan fingerprint density at radius 2 is 0.595 bits per heavy atom. The molecule has 0 aliphatic carbocycles. The molecule has 0 unspecified atom stereocenters. The first-order valence-electron chi connectivity index (χ1n) is 19.2. The van der Waals surface area contributed by atoms with Crippen molar-refractivity contribution in [3.63, 3.8) is 0 Å². The van der Waals surface area contributed by atoms with E-state index in [4.69, 9.17) is 0 Å². The Kier molecular flexibility index (Phi) is 36.8. The lowest BCUT2D eigenvalue weighted by Crippen LogP contribution is -3.13. The molecule has 0 aliphatic rings. The lowest BCUT2D eigenvalue weighted by molar-refractivity contribution is -0.896. The largest absolute Gasteiger partial charge is 1.00 e. The Labute approximate surface area is 274 Å². The van der Waals surface area contributed by atoms with E-state index >= 15 is 0 Å². The quantitative estimate of drug-likeness (QED) is 0.0558. The average Bonchev–Trinajstić information content (AvgIpc) is 2.96. The van der Waals surface area contributed by atoms with Crippen LogP contribution in [-0.2, 0) is 0 Å². The molecule has 0 aromatic carbocycles. The number of allylic oxidation sites excluding steroid dienone is 2. The highest BCUT2D eigenvalue weighted by atomic mass is 35.5. The van der Waals surface area contributed by atoms with Gasteiger partial charge < -0.3 is 17.3 Å². The van der Waals surface area contributed by atoms with Gasteiger partial charge in [0.1, 0.15) is 5.54 Å². The smallest absolute Gasteiger partial charge is 0.132 e. The summed E-state index contributed by atoms with van der Waals surface area (Å²) in [5.41, 5.74) is 0.131. The second-order valence-corrected chi connectivity index (χ2v) is 13.9. The van der Waals surface area contributed by atoms with E-state index in [-0.39, 0.29) is 17.9 Å².